The Morgan fingerprint density at radius 3 is 2.53 bits per heavy atom. The normalized spacial score (nSPS) is 11.5. The molecule has 1 heterocycles. The van der Waals surface area contributed by atoms with Crippen LogP contribution in [-0.4, -0.2) is 48.5 Å². The SMILES string of the molecule is C[C@@H](Cc1ccncc1)NC(=O)CNC(=O)N(C)C. The molecular formula is C13H20N4O2. The van der Waals surface area contributed by atoms with Crippen LogP contribution < -0.4 is 10.6 Å². The van der Waals surface area contributed by atoms with E-state index in [4.69, 9.17) is 0 Å². The zero-order valence-electron chi connectivity index (χ0n) is 11.5. The van der Waals surface area contributed by atoms with Gasteiger partial charge in [0.15, 0.2) is 0 Å². The number of nitrogens with zero attached hydrogens (tertiary/aromatic N) is 2. The first-order valence-electron chi connectivity index (χ1n) is 6.12. The summed E-state index contributed by atoms with van der Waals surface area (Å²) < 4.78 is 0. The molecule has 0 saturated heterocycles. The van der Waals surface area contributed by atoms with Gasteiger partial charge < -0.3 is 15.5 Å². The molecule has 0 unspecified atom stereocenters. The number of urea groups is 1. The fourth-order valence-corrected chi connectivity index (χ4v) is 1.56. The van der Waals surface area contributed by atoms with Crippen LogP contribution in [0.1, 0.15) is 12.5 Å². The average molecular weight is 264 g/mol. The molecule has 0 aliphatic carbocycles. The quantitative estimate of drug-likeness (QED) is 0.808. The van der Waals surface area contributed by atoms with Crippen molar-refractivity contribution in [1.29, 1.82) is 0 Å². The Labute approximate surface area is 113 Å². The van der Waals surface area contributed by atoms with Gasteiger partial charge in [-0.1, -0.05) is 0 Å². The number of hydrogen-bond acceptors (Lipinski definition) is 3. The van der Waals surface area contributed by atoms with Gasteiger partial charge in [0.2, 0.25) is 5.91 Å². The third-order valence-electron chi connectivity index (χ3n) is 2.50. The number of rotatable bonds is 5. The Bertz CT molecular complexity index is 420. The minimum atomic E-state index is -0.281. The number of nitrogens with one attached hydrogen (secondary N) is 2. The molecule has 0 aromatic carbocycles. The highest BCUT2D eigenvalue weighted by atomic mass is 16.2. The van der Waals surface area contributed by atoms with E-state index in [2.05, 4.69) is 15.6 Å². The van der Waals surface area contributed by atoms with Crippen molar-refractivity contribution >= 4 is 11.9 Å². The molecule has 6 heteroatoms. The lowest BCUT2D eigenvalue weighted by molar-refractivity contribution is -0.120. The van der Waals surface area contributed by atoms with Gasteiger partial charge in [-0.3, -0.25) is 9.78 Å². The van der Waals surface area contributed by atoms with Crippen LogP contribution in [0.15, 0.2) is 24.5 Å². The molecule has 1 aromatic heterocycles. The van der Waals surface area contributed by atoms with E-state index in [0.29, 0.717) is 0 Å². The molecular weight excluding hydrogens is 244 g/mol. The number of carbonyl (C=O) groups is 2. The van der Waals surface area contributed by atoms with Crippen LogP contribution >= 0.6 is 0 Å². The number of carbonyl (C=O) groups excluding carboxylic acids is 2. The average Bonchev–Trinajstić information content (AvgIpc) is 2.36. The van der Waals surface area contributed by atoms with E-state index in [1.54, 1.807) is 26.5 Å². The van der Waals surface area contributed by atoms with Gasteiger partial charge in [0.05, 0.1) is 6.54 Å². The molecule has 0 saturated carbocycles. The van der Waals surface area contributed by atoms with E-state index in [9.17, 15) is 9.59 Å². The van der Waals surface area contributed by atoms with Crippen LogP contribution in [0.4, 0.5) is 4.79 Å². The minimum absolute atomic E-state index is 0.00570. The summed E-state index contributed by atoms with van der Waals surface area (Å²) in [5, 5.41) is 5.35. The summed E-state index contributed by atoms with van der Waals surface area (Å²) in [4.78, 5) is 28.2. The Kier molecular flexibility index (Phi) is 5.78. The molecule has 6 nitrogen and oxygen atoms in total. The van der Waals surface area contributed by atoms with Crippen LogP contribution in [0.2, 0.25) is 0 Å². The molecule has 3 amide bonds. The molecule has 0 radical (unpaired) electrons. The number of amides is 3. The Morgan fingerprint density at radius 2 is 1.95 bits per heavy atom. The fourth-order valence-electron chi connectivity index (χ4n) is 1.56. The van der Waals surface area contributed by atoms with Crippen LogP contribution in [0, 0.1) is 0 Å². The van der Waals surface area contributed by atoms with Crippen molar-refractivity contribution < 1.29 is 9.59 Å². The first-order valence-corrected chi connectivity index (χ1v) is 6.12. The molecule has 0 aliphatic heterocycles. The zero-order chi connectivity index (χ0) is 14.3. The van der Waals surface area contributed by atoms with Gasteiger partial charge >= 0.3 is 6.03 Å². The van der Waals surface area contributed by atoms with E-state index in [1.807, 2.05) is 19.1 Å². The van der Waals surface area contributed by atoms with Crippen LogP contribution in [0.25, 0.3) is 0 Å². The highest BCUT2D eigenvalue weighted by Crippen LogP contribution is 2.00. The van der Waals surface area contributed by atoms with Crippen molar-refractivity contribution in [2.75, 3.05) is 20.6 Å². The van der Waals surface area contributed by atoms with Gasteiger partial charge in [-0.2, -0.15) is 0 Å². The van der Waals surface area contributed by atoms with Crippen molar-refractivity contribution in [2.24, 2.45) is 0 Å². The molecule has 0 fully saturated rings. The Hall–Kier alpha value is -2.11. The van der Waals surface area contributed by atoms with Gasteiger partial charge in [-0.25, -0.2) is 4.79 Å². The Morgan fingerprint density at radius 1 is 1.32 bits per heavy atom. The van der Waals surface area contributed by atoms with Crippen molar-refractivity contribution in [1.82, 2.24) is 20.5 Å². The molecule has 0 bridgehead atoms. The van der Waals surface area contributed by atoms with Crippen LogP contribution in [0.5, 0.6) is 0 Å². The lowest BCUT2D eigenvalue weighted by Crippen LogP contribution is -2.44. The lowest BCUT2D eigenvalue weighted by Gasteiger charge is -2.15. The van der Waals surface area contributed by atoms with E-state index in [-0.39, 0.29) is 24.5 Å². The molecule has 0 aliphatic rings. The smallest absolute Gasteiger partial charge is 0.317 e. The van der Waals surface area contributed by atoms with E-state index >= 15 is 0 Å². The monoisotopic (exact) mass is 264 g/mol. The molecule has 1 aromatic rings. The van der Waals surface area contributed by atoms with Crippen LogP contribution in [-0.2, 0) is 11.2 Å². The lowest BCUT2D eigenvalue weighted by atomic mass is 10.1. The molecule has 1 rings (SSSR count). The van der Waals surface area contributed by atoms with Crippen molar-refractivity contribution in [3.8, 4) is 0 Å². The maximum absolute atomic E-state index is 11.6. The maximum atomic E-state index is 11.6. The summed E-state index contributed by atoms with van der Waals surface area (Å²) in [5.41, 5.74) is 1.11. The molecule has 2 N–H and O–H groups in total. The van der Waals surface area contributed by atoms with Gasteiger partial charge in [0.25, 0.3) is 0 Å². The highest BCUT2D eigenvalue weighted by Gasteiger charge is 2.10. The van der Waals surface area contributed by atoms with E-state index in [0.717, 1.165) is 12.0 Å². The summed E-state index contributed by atoms with van der Waals surface area (Å²) in [6.45, 7) is 1.91. The van der Waals surface area contributed by atoms with Crippen molar-refractivity contribution in [2.45, 2.75) is 19.4 Å². The van der Waals surface area contributed by atoms with E-state index in [1.165, 1.54) is 4.90 Å². The molecule has 104 valence electrons. The number of aromatic nitrogens is 1. The third-order valence-corrected chi connectivity index (χ3v) is 2.50. The summed E-state index contributed by atoms with van der Waals surface area (Å²) in [7, 11) is 3.25. The van der Waals surface area contributed by atoms with Crippen molar-refractivity contribution in [3.63, 3.8) is 0 Å². The van der Waals surface area contributed by atoms with Gasteiger partial charge in [-0.15, -0.1) is 0 Å². The van der Waals surface area contributed by atoms with Gasteiger partial charge in [0, 0.05) is 32.5 Å². The van der Waals surface area contributed by atoms with E-state index < -0.39 is 0 Å². The topological polar surface area (TPSA) is 74.3 Å². The van der Waals surface area contributed by atoms with Gasteiger partial charge in [-0.05, 0) is 31.0 Å². The summed E-state index contributed by atoms with van der Waals surface area (Å²) >= 11 is 0. The number of hydrogen-bond donors (Lipinski definition) is 2. The highest BCUT2D eigenvalue weighted by molar-refractivity contribution is 5.83. The summed E-state index contributed by atoms with van der Waals surface area (Å²) in [5.74, 6) is -0.197. The molecule has 0 spiro atoms. The summed E-state index contributed by atoms with van der Waals surface area (Å²) in [6.07, 6.45) is 4.18. The first kappa shape index (κ1) is 14.9. The predicted octanol–water partition coefficient (Wildman–Crippen LogP) is 0.400. The largest absolute Gasteiger partial charge is 0.352 e. The third kappa shape index (κ3) is 5.85. The predicted molar refractivity (Wildman–Crippen MR) is 72.6 cm³/mol. The molecule has 19 heavy (non-hydrogen) atoms. The number of pyridine rings is 1. The summed E-state index contributed by atoms with van der Waals surface area (Å²) in [6, 6.07) is 3.55. The fraction of sp³-hybridized carbons (Fsp3) is 0.462. The van der Waals surface area contributed by atoms with Crippen LogP contribution in [0.3, 0.4) is 0 Å². The maximum Gasteiger partial charge on any atom is 0.317 e. The second kappa shape index (κ2) is 7.35. The molecule has 1 atom stereocenters. The second-order valence-electron chi connectivity index (χ2n) is 4.58. The zero-order valence-corrected chi connectivity index (χ0v) is 11.5. The van der Waals surface area contributed by atoms with Crippen molar-refractivity contribution in [3.05, 3.63) is 30.1 Å². The Balaban J connectivity index is 2.30. The minimum Gasteiger partial charge on any atom is -0.352 e. The second-order valence-corrected chi connectivity index (χ2v) is 4.58. The standard InChI is InChI=1S/C13H20N4O2/c1-10(8-11-4-6-14-7-5-11)16-12(18)9-15-13(19)17(2)3/h4-7,10H,8-9H2,1-3H3,(H,15,19)(H,16,18)/t10-/m0/s1. The van der Waals surface area contributed by atoms with Gasteiger partial charge in [0.1, 0.15) is 0 Å². The first-order chi connectivity index (χ1) is 8.99.